The van der Waals surface area contributed by atoms with Crippen LogP contribution in [0.4, 0.5) is 26.3 Å². The second-order valence-corrected chi connectivity index (χ2v) is 20.2. The lowest BCUT2D eigenvalue weighted by molar-refractivity contribution is -0.220. The highest BCUT2D eigenvalue weighted by atomic mass is 35.5. The van der Waals surface area contributed by atoms with Crippen molar-refractivity contribution in [3.05, 3.63) is 128 Å². The van der Waals surface area contributed by atoms with Crippen LogP contribution in [0.5, 0.6) is 6.01 Å². The Morgan fingerprint density at radius 2 is 1.04 bits per heavy atom. The highest BCUT2D eigenvalue weighted by Gasteiger charge is 2.61. The van der Waals surface area contributed by atoms with Crippen molar-refractivity contribution in [3.8, 4) is 51.6 Å². The molecule has 2 fully saturated rings. The number of H-pyrrole nitrogens is 1. The zero-order valence-electron chi connectivity index (χ0n) is 41.1. The number of aromatic amines is 1. The number of nitrogens with zero attached hydrogens (tertiary/aromatic N) is 5. The third-order valence-corrected chi connectivity index (χ3v) is 14.6. The van der Waals surface area contributed by atoms with Gasteiger partial charge in [-0.2, -0.15) is 41.3 Å². The zero-order chi connectivity index (χ0) is 52.9. The number of carbonyl (C=O) groups is 2. The summed E-state index contributed by atoms with van der Waals surface area (Å²) in [4.78, 5) is 62.3. The van der Waals surface area contributed by atoms with Gasteiger partial charge in [0.05, 0.1) is 17.2 Å². The topological polar surface area (TPSA) is 141 Å². The number of benzene rings is 4. The van der Waals surface area contributed by atoms with Crippen molar-refractivity contribution in [1.29, 1.82) is 0 Å². The number of hydrogen-bond donors (Lipinski definition) is 1. The number of hydrogen-bond acceptors (Lipinski definition) is 9. The molecule has 2 heterocycles. The maximum atomic E-state index is 13.8. The maximum absolute atomic E-state index is 13.8. The number of alkyl halides is 6. The van der Waals surface area contributed by atoms with Gasteiger partial charge in [0.2, 0.25) is 0 Å². The SMILES string of the molecule is CC(C)c1cccc(-c2nc(-c3cc(CCC(=O)C4(C(F)(F)F)CCCC4)ccc3Cl)[nH]c(=O)n2)c1.COc1nc(-c2cccc(C(C)C)c2)nc(-c2cc(CCC(=O)C3(C(F)(F)F)CCCC3)ccc2Cl)n1. The highest BCUT2D eigenvalue weighted by Crippen LogP contribution is 2.53. The fourth-order valence-corrected chi connectivity index (χ4v) is 10.0. The number of methoxy groups -OCH3 is 1. The summed E-state index contributed by atoms with van der Waals surface area (Å²) >= 11 is 12.9. The quantitative estimate of drug-likeness (QED) is 0.0995. The molecule has 0 amide bonds. The summed E-state index contributed by atoms with van der Waals surface area (Å²) in [7, 11) is 1.45. The van der Waals surface area contributed by atoms with Crippen molar-refractivity contribution in [1.82, 2.24) is 29.9 Å². The molecule has 6 aromatic rings. The fraction of sp³-hybridized carbons (Fsp3) is 0.418. The molecule has 0 atom stereocenters. The summed E-state index contributed by atoms with van der Waals surface area (Å²) in [5.41, 5.74) is 0.808. The Bertz CT molecular complexity index is 3020. The summed E-state index contributed by atoms with van der Waals surface area (Å²) in [6.45, 7) is 8.31. The summed E-state index contributed by atoms with van der Waals surface area (Å²) in [6, 6.07) is 25.5. The molecule has 10 nitrogen and oxygen atoms in total. The Labute approximate surface area is 429 Å². The number of ketones is 2. The van der Waals surface area contributed by atoms with Crippen LogP contribution >= 0.6 is 23.2 Å². The molecular formula is C55H56Cl2F6N6O4. The van der Waals surface area contributed by atoms with Gasteiger partial charge in [0.25, 0.3) is 0 Å². The van der Waals surface area contributed by atoms with Crippen LogP contribution in [0.1, 0.15) is 126 Å². The first-order chi connectivity index (χ1) is 34.5. The monoisotopic (exact) mass is 1050 g/mol. The van der Waals surface area contributed by atoms with E-state index in [2.05, 4.69) is 57.6 Å². The molecule has 2 aromatic heterocycles. The van der Waals surface area contributed by atoms with E-state index >= 15 is 0 Å². The normalized spacial score (nSPS) is 15.3. The molecule has 18 heteroatoms. The van der Waals surface area contributed by atoms with Crippen LogP contribution < -0.4 is 10.4 Å². The largest absolute Gasteiger partial charge is 0.467 e. The molecule has 386 valence electrons. The summed E-state index contributed by atoms with van der Waals surface area (Å²) < 4.78 is 87.8. The summed E-state index contributed by atoms with van der Waals surface area (Å²) in [5.74, 6) is 0.197. The number of rotatable bonds is 15. The van der Waals surface area contributed by atoms with Gasteiger partial charge in [0.15, 0.2) is 17.5 Å². The average Bonchev–Trinajstić information content (AvgIpc) is 4.09. The van der Waals surface area contributed by atoms with Gasteiger partial charge < -0.3 is 4.74 Å². The molecule has 1 N–H and O–H groups in total. The van der Waals surface area contributed by atoms with Gasteiger partial charge in [0, 0.05) is 35.1 Å². The van der Waals surface area contributed by atoms with Gasteiger partial charge in [-0.3, -0.25) is 14.6 Å². The van der Waals surface area contributed by atoms with E-state index in [4.69, 9.17) is 27.9 Å². The third kappa shape index (κ3) is 12.3. The number of ether oxygens (including phenoxy) is 1. The van der Waals surface area contributed by atoms with Crippen LogP contribution in [0.25, 0.3) is 45.6 Å². The van der Waals surface area contributed by atoms with Crippen LogP contribution in [0.3, 0.4) is 0 Å². The predicted octanol–water partition coefficient (Wildman–Crippen LogP) is 14.5. The molecule has 0 bridgehead atoms. The number of aryl methyl sites for hydroxylation is 2. The predicted molar refractivity (Wildman–Crippen MR) is 270 cm³/mol. The van der Waals surface area contributed by atoms with Crippen LogP contribution in [-0.4, -0.2) is 60.9 Å². The van der Waals surface area contributed by atoms with Gasteiger partial charge >= 0.3 is 24.1 Å². The van der Waals surface area contributed by atoms with Crippen LogP contribution in [0.2, 0.25) is 10.0 Å². The third-order valence-electron chi connectivity index (χ3n) is 14.0. The van der Waals surface area contributed by atoms with Gasteiger partial charge in [-0.15, -0.1) is 0 Å². The van der Waals surface area contributed by atoms with Gasteiger partial charge in [0.1, 0.15) is 28.2 Å². The smallest absolute Gasteiger partial charge is 0.401 e. The fourth-order valence-electron chi connectivity index (χ4n) is 9.61. The second kappa shape index (κ2) is 22.6. The van der Waals surface area contributed by atoms with Crippen molar-refractivity contribution < 1.29 is 40.7 Å². The van der Waals surface area contributed by atoms with Gasteiger partial charge in [-0.05, 0) is 109 Å². The average molecular weight is 1050 g/mol. The van der Waals surface area contributed by atoms with Crippen LogP contribution in [-0.2, 0) is 22.4 Å². The van der Waals surface area contributed by atoms with E-state index in [1.54, 1.807) is 36.4 Å². The lowest BCUT2D eigenvalue weighted by atomic mass is 9.78. The molecule has 0 aliphatic heterocycles. The van der Waals surface area contributed by atoms with E-state index in [-0.39, 0.29) is 80.8 Å². The lowest BCUT2D eigenvalue weighted by Gasteiger charge is -2.30. The second-order valence-electron chi connectivity index (χ2n) is 19.4. The minimum absolute atomic E-state index is 0.111. The number of carbonyl (C=O) groups excluding carboxylic acids is 2. The molecule has 2 aliphatic rings. The van der Waals surface area contributed by atoms with E-state index in [1.807, 2.05) is 48.5 Å². The van der Waals surface area contributed by atoms with E-state index < -0.39 is 40.4 Å². The molecule has 8 rings (SSSR count). The van der Waals surface area contributed by atoms with E-state index in [1.165, 1.54) is 7.11 Å². The number of aromatic nitrogens is 6. The van der Waals surface area contributed by atoms with Crippen molar-refractivity contribution in [3.63, 3.8) is 0 Å². The van der Waals surface area contributed by atoms with E-state index in [9.17, 15) is 40.7 Å². The molecule has 0 radical (unpaired) electrons. The number of Topliss-reactive ketones (excluding diaryl/α,β-unsaturated/α-hetero) is 2. The first kappa shape index (κ1) is 54.8. The molecule has 0 spiro atoms. The minimum Gasteiger partial charge on any atom is -0.467 e. The minimum atomic E-state index is -4.55. The Morgan fingerprint density at radius 1 is 0.603 bits per heavy atom. The molecule has 2 saturated carbocycles. The van der Waals surface area contributed by atoms with Crippen molar-refractivity contribution in [2.75, 3.05) is 7.11 Å². The first-order valence-electron chi connectivity index (χ1n) is 24.3. The van der Waals surface area contributed by atoms with E-state index in [0.717, 1.165) is 16.7 Å². The standard InChI is InChI=1S/C28H29ClF3N3O2.C27H27ClF3N3O2/c1-17(2)19-7-6-8-20(16-19)24-33-25(35-26(34-24)37-3)21-15-18(9-11-22(21)29)10-12-23(36)27(28(30,31)32)13-4-5-14-27;1-16(2)18-6-5-7-19(15-18)23-32-24(34-25(36)33-23)20-14-17(8-10-21(20)28)9-11-22(35)26(27(29,30)31)12-3-4-13-26/h6-9,11,15-17H,4-5,10,12-14H2,1-3H3;5-8,10,14-16H,3-4,9,11-13H2,1-2H3,(H,32,33,34,36). The molecule has 4 aromatic carbocycles. The zero-order valence-corrected chi connectivity index (χ0v) is 42.6. The van der Waals surface area contributed by atoms with Crippen LogP contribution in [0.15, 0.2) is 89.7 Å². The number of halogens is 8. The molecule has 0 saturated heterocycles. The van der Waals surface area contributed by atoms with Gasteiger partial charge in [-0.25, -0.2) is 14.8 Å². The Kier molecular flexibility index (Phi) is 17.0. The lowest BCUT2D eigenvalue weighted by Crippen LogP contribution is -2.42. The molecule has 73 heavy (non-hydrogen) atoms. The highest BCUT2D eigenvalue weighted by molar-refractivity contribution is 6.33. The molecule has 2 aliphatic carbocycles. The first-order valence-corrected chi connectivity index (χ1v) is 25.1. The van der Waals surface area contributed by atoms with Crippen molar-refractivity contribution in [2.24, 2.45) is 10.8 Å². The Balaban J connectivity index is 0.000000214. The molecular weight excluding hydrogens is 994 g/mol. The van der Waals surface area contributed by atoms with Crippen molar-refractivity contribution in [2.45, 2.75) is 129 Å². The Morgan fingerprint density at radius 3 is 1.49 bits per heavy atom. The van der Waals surface area contributed by atoms with E-state index in [0.29, 0.717) is 75.3 Å². The maximum Gasteiger partial charge on any atom is 0.401 e. The van der Waals surface area contributed by atoms with Crippen molar-refractivity contribution >= 4 is 34.8 Å². The van der Waals surface area contributed by atoms with Gasteiger partial charge in [-0.1, -0.05) is 125 Å². The summed E-state index contributed by atoms with van der Waals surface area (Å²) in [5, 5.41) is 0.677. The summed E-state index contributed by atoms with van der Waals surface area (Å²) in [6.07, 6.45) is -8.15. The van der Waals surface area contributed by atoms with Crippen LogP contribution in [0, 0.1) is 10.8 Å². The number of nitrogens with one attached hydrogen (secondary N) is 1. The Hall–Kier alpha value is -6.00. The molecule has 0 unspecified atom stereocenters.